The van der Waals surface area contributed by atoms with Gasteiger partial charge in [-0.2, -0.15) is 0 Å². The van der Waals surface area contributed by atoms with Gasteiger partial charge in [0.15, 0.2) is 6.61 Å². The maximum atomic E-state index is 12.1. The predicted molar refractivity (Wildman–Crippen MR) is 86.0 cm³/mol. The number of carbonyl (C=O) groups excluding carboxylic acids is 1. The molecular formula is C18H21NO3. The highest BCUT2D eigenvalue weighted by Gasteiger charge is 2.10. The lowest BCUT2D eigenvalue weighted by Gasteiger charge is -2.17. The van der Waals surface area contributed by atoms with Gasteiger partial charge in [-0.05, 0) is 36.8 Å². The zero-order valence-corrected chi connectivity index (χ0v) is 13.0. The summed E-state index contributed by atoms with van der Waals surface area (Å²) in [6.07, 6.45) is 0. The third-order valence-corrected chi connectivity index (χ3v) is 3.19. The summed E-state index contributed by atoms with van der Waals surface area (Å²) in [5.41, 5.74) is 1.10. The van der Waals surface area contributed by atoms with Crippen molar-refractivity contribution in [1.82, 2.24) is 4.90 Å². The summed E-state index contributed by atoms with van der Waals surface area (Å²) in [6.45, 7) is 3.16. The van der Waals surface area contributed by atoms with Crippen LogP contribution in [-0.4, -0.2) is 31.1 Å². The van der Waals surface area contributed by atoms with E-state index in [1.54, 1.807) is 24.1 Å². The van der Waals surface area contributed by atoms with Crippen molar-refractivity contribution in [3.63, 3.8) is 0 Å². The zero-order valence-electron chi connectivity index (χ0n) is 13.0. The van der Waals surface area contributed by atoms with Gasteiger partial charge in [0, 0.05) is 13.6 Å². The maximum absolute atomic E-state index is 12.1. The molecule has 0 heterocycles. The van der Waals surface area contributed by atoms with Crippen LogP contribution in [-0.2, 0) is 11.3 Å². The second-order valence-electron chi connectivity index (χ2n) is 4.93. The number of hydrogen-bond donors (Lipinski definition) is 0. The number of rotatable bonds is 7. The molecule has 0 bridgehead atoms. The molecule has 0 aliphatic heterocycles. The molecule has 0 saturated heterocycles. The highest BCUT2D eigenvalue weighted by Crippen LogP contribution is 2.17. The molecule has 1 amide bonds. The molecule has 22 heavy (non-hydrogen) atoms. The van der Waals surface area contributed by atoms with E-state index in [2.05, 4.69) is 0 Å². The number of ether oxygens (including phenoxy) is 2. The van der Waals surface area contributed by atoms with Gasteiger partial charge in [0.2, 0.25) is 0 Å². The van der Waals surface area contributed by atoms with Crippen LogP contribution in [0, 0.1) is 0 Å². The van der Waals surface area contributed by atoms with Gasteiger partial charge >= 0.3 is 0 Å². The average molecular weight is 299 g/mol. The van der Waals surface area contributed by atoms with Gasteiger partial charge in [-0.1, -0.05) is 30.3 Å². The lowest BCUT2D eigenvalue weighted by molar-refractivity contribution is -0.132. The molecule has 0 spiro atoms. The second kappa shape index (κ2) is 8.08. The van der Waals surface area contributed by atoms with Crippen molar-refractivity contribution in [3.8, 4) is 11.5 Å². The van der Waals surface area contributed by atoms with E-state index in [0.717, 1.165) is 11.3 Å². The Morgan fingerprint density at radius 2 is 1.55 bits per heavy atom. The Hall–Kier alpha value is -2.49. The van der Waals surface area contributed by atoms with Crippen LogP contribution >= 0.6 is 0 Å². The monoisotopic (exact) mass is 299 g/mol. The summed E-state index contributed by atoms with van der Waals surface area (Å²) < 4.78 is 10.9. The van der Waals surface area contributed by atoms with E-state index in [1.165, 1.54) is 0 Å². The van der Waals surface area contributed by atoms with E-state index in [9.17, 15) is 4.79 Å². The molecule has 0 aromatic heterocycles. The molecule has 0 atom stereocenters. The summed E-state index contributed by atoms with van der Waals surface area (Å²) >= 11 is 0. The number of benzene rings is 2. The molecule has 0 fully saturated rings. The molecule has 0 saturated carbocycles. The van der Waals surface area contributed by atoms with Crippen molar-refractivity contribution in [2.45, 2.75) is 13.5 Å². The molecule has 2 rings (SSSR count). The average Bonchev–Trinajstić information content (AvgIpc) is 2.55. The Bertz CT molecular complexity index is 581. The fraction of sp³-hybridized carbons (Fsp3) is 0.278. The Labute approximate surface area is 131 Å². The minimum absolute atomic E-state index is 0.0251. The summed E-state index contributed by atoms with van der Waals surface area (Å²) in [7, 11) is 1.77. The molecule has 116 valence electrons. The first-order valence-corrected chi connectivity index (χ1v) is 7.32. The van der Waals surface area contributed by atoms with Crippen molar-refractivity contribution >= 4 is 5.91 Å². The number of hydrogen-bond acceptors (Lipinski definition) is 3. The summed E-state index contributed by atoms with van der Waals surface area (Å²) in [5.74, 6) is 1.39. The zero-order chi connectivity index (χ0) is 15.8. The molecule has 2 aromatic rings. The highest BCUT2D eigenvalue weighted by molar-refractivity contribution is 5.77. The van der Waals surface area contributed by atoms with Crippen molar-refractivity contribution in [2.24, 2.45) is 0 Å². The maximum Gasteiger partial charge on any atom is 0.260 e. The van der Waals surface area contributed by atoms with Crippen LogP contribution in [0.15, 0.2) is 54.6 Å². The predicted octanol–water partition coefficient (Wildman–Crippen LogP) is 3.12. The van der Waals surface area contributed by atoms with E-state index in [-0.39, 0.29) is 12.5 Å². The minimum Gasteiger partial charge on any atom is -0.494 e. The van der Waals surface area contributed by atoms with Gasteiger partial charge in [0.1, 0.15) is 11.5 Å². The fourth-order valence-corrected chi connectivity index (χ4v) is 2.00. The largest absolute Gasteiger partial charge is 0.494 e. The molecule has 4 nitrogen and oxygen atoms in total. The highest BCUT2D eigenvalue weighted by atomic mass is 16.5. The van der Waals surface area contributed by atoms with Gasteiger partial charge in [-0.25, -0.2) is 0 Å². The first kappa shape index (κ1) is 15.9. The number of likely N-dealkylation sites (N-methyl/N-ethyl adjacent to an activating group) is 1. The van der Waals surface area contributed by atoms with Crippen molar-refractivity contribution in [2.75, 3.05) is 20.3 Å². The molecule has 4 heteroatoms. The van der Waals surface area contributed by atoms with E-state index < -0.39 is 0 Å². The third-order valence-electron chi connectivity index (χ3n) is 3.19. The molecule has 0 radical (unpaired) electrons. The standard InChI is InChI=1S/C18H21NO3/c1-3-21-16-9-11-17(12-10-16)22-14-18(20)19(2)13-15-7-5-4-6-8-15/h4-12H,3,13-14H2,1-2H3. The Morgan fingerprint density at radius 1 is 0.955 bits per heavy atom. The van der Waals surface area contributed by atoms with Crippen molar-refractivity contribution in [3.05, 3.63) is 60.2 Å². The summed E-state index contributed by atoms with van der Waals surface area (Å²) in [4.78, 5) is 13.7. The lowest BCUT2D eigenvalue weighted by Crippen LogP contribution is -2.30. The Balaban J connectivity index is 1.81. The van der Waals surface area contributed by atoms with Gasteiger partial charge in [-0.3, -0.25) is 4.79 Å². The second-order valence-corrected chi connectivity index (χ2v) is 4.93. The van der Waals surface area contributed by atoms with Crippen LogP contribution in [0.2, 0.25) is 0 Å². The fourth-order valence-electron chi connectivity index (χ4n) is 2.00. The lowest BCUT2D eigenvalue weighted by atomic mass is 10.2. The molecular weight excluding hydrogens is 278 g/mol. The molecule has 2 aromatic carbocycles. The SMILES string of the molecule is CCOc1ccc(OCC(=O)N(C)Cc2ccccc2)cc1. The quantitative estimate of drug-likeness (QED) is 0.788. The molecule has 0 unspecified atom stereocenters. The van der Waals surface area contributed by atoms with Gasteiger partial charge in [-0.15, -0.1) is 0 Å². The smallest absolute Gasteiger partial charge is 0.260 e. The molecule has 0 N–H and O–H groups in total. The third kappa shape index (κ3) is 4.81. The van der Waals surface area contributed by atoms with E-state index in [1.807, 2.05) is 49.4 Å². The Kier molecular flexibility index (Phi) is 5.83. The van der Waals surface area contributed by atoms with E-state index >= 15 is 0 Å². The number of nitrogens with zero attached hydrogens (tertiary/aromatic N) is 1. The van der Waals surface area contributed by atoms with Crippen LogP contribution in [0.5, 0.6) is 11.5 Å². The van der Waals surface area contributed by atoms with Crippen LogP contribution in [0.25, 0.3) is 0 Å². The van der Waals surface area contributed by atoms with E-state index in [0.29, 0.717) is 18.9 Å². The van der Waals surface area contributed by atoms with Gasteiger partial charge < -0.3 is 14.4 Å². The van der Waals surface area contributed by atoms with Crippen LogP contribution in [0.4, 0.5) is 0 Å². The van der Waals surface area contributed by atoms with Crippen LogP contribution in [0.3, 0.4) is 0 Å². The van der Waals surface area contributed by atoms with Crippen molar-refractivity contribution in [1.29, 1.82) is 0 Å². The van der Waals surface area contributed by atoms with Gasteiger partial charge in [0.25, 0.3) is 5.91 Å². The summed E-state index contributed by atoms with van der Waals surface area (Å²) in [6, 6.07) is 17.1. The van der Waals surface area contributed by atoms with Crippen LogP contribution < -0.4 is 9.47 Å². The van der Waals surface area contributed by atoms with Crippen LogP contribution in [0.1, 0.15) is 12.5 Å². The molecule has 0 aliphatic rings. The normalized spacial score (nSPS) is 10.1. The Morgan fingerprint density at radius 3 is 2.14 bits per heavy atom. The minimum atomic E-state index is -0.0577. The van der Waals surface area contributed by atoms with Gasteiger partial charge in [0.05, 0.1) is 6.61 Å². The topological polar surface area (TPSA) is 38.8 Å². The van der Waals surface area contributed by atoms with Crippen molar-refractivity contribution < 1.29 is 14.3 Å². The molecule has 0 aliphatic carbocycles. The number of carbonyl (C=O) groups is 1. The first-order chi connectivity index (χ1) is 10.7. The first-order valence-electron chi connectivity index (χ1n) is 7.32. The van der Waals surface area contributed by atoms with E-state index in [4.69, 9.17) is 9.47 Å². The number of amides is 1. The summed E-state index contributed by atoms with van der Waals surface area (Å²) in [5, 5.41) is 0.